The van der Waals surface area contributed by atoms with Gasteiger partial charge in [-0.2, -0.15) is 0 Å². The number of benzene rings is 1. The average Bonchev–Trinajstić information content (AvgIpc) is 3.22. The highest BCUT2D eigenvalue weighted by Crippen LogP contribution is 2.23. The van der Waals surface area contributed by atoms with Crippen molar-refractivity contribution in [3.05, 3.63) is 35.6 Å². The number of carbonyl (C=O) groups excluding carboxylic acids is 2. The monoisotopic (exact) mass is 423 g/mol. The first-order chi connectivity index (χ1) is 13.8. The van der Waals surface area contributed by atoms with Gasteiger partial charge in [0.2, 0.25) is 0 Å². The van der Waals surface area contributed by atoms with Crippen LogP contribution in [0.1, 0.15) is 17.5 Å². The van der Waals surface area contributed by atoms with Crippen LogP contribution in [0.15, 0.2) is 28.9 Å². The topological polar surface area (TPSA) is 103 Å². The molecule has 2 aromatic rings. The molecule has 0 aliphatic carbocycles. The highest BCUT2D eigenvalue weighted by Gasteiger charge is 2.34. The summed E-state index contributed by atoms with van der Waals surface area (Å²) < 4.78 is 39.2. The summed E-state index contributed by atoms with van der Waals surface area (Å²) in [5.74, 6) is -0.990. The first-order valence-corrected chi connectivity index (χ1v) is 11.2. The number of fused-ring (bicyclic) bond motifs is 1. The number of hydrogen-bond donors (Lipinski definition) is 0. The summed E-state index contributed by atoms with van der Waals surface area (Å²) in [6.45, 7) is 2.04. The minimum atomic E-state index is -3.14. The standard InChI is InChI=1S/C20H25NO7S/c1-14-3-4-17-15(11-27-18(17)9-14)10-20(23)28-12-19(22)21(6-7-26-2)16-5-8-29(24,25)13-16/h3-4,9,11,16H,5-8,10,12-13H2,1-2H3/t16-/m1/s1. The first-order valence-electron chi connectivity index (χ1n) is 9.40. The maximum Gasteiger partial charge on any atom is 0.310 e. The van der Waals surface area contributed by atoms with Crippen LogP contribution in [0.2, 0.25) is 0 Å². The van der Waals surface area contributed by atoms with Gasteiger partial charge in [0, 0.05) is 30.6 Å². The molecule has 1 saturated heterocycles. The van der Waals surface area contributed by atoms with Gasteiger partial charge in [-0.1, -0.05) is 12.1 Å². The van der Waals surface area contributed by atoms with Crippen molar-refractivity contribution in [2.24, 2.45) is 0 Å². The third kappa shape index (κ3) is 5.36. The van der Waals surface area contributed by atoms with Gasteiger partial charge in [-0.05, 0) is 25.0 Å². The van der Waals surface area contributed by atoms with Gasteiger partial charge >= 0.3 is 5.97 Å². The van der Waals surface area contributed by atoms with Crippen molar-refractivity contribution < 1.29 is 31.9 Å². The Hall–Kier alpha value is -2.39. The molecule has 1 amide bonds. The van der Waals surface area contributed by atoms with Crippen molar-refractivity contribution in [1.82, 2.24) is 4.90 Å². The van der Waals surface area contributed by atoms with Crippen LogP contribution in [0.4, 0.5) is 0 Å². The van der Waals surface area contributed by atoms with Crippen LogP contribution >= 0.6 is 0 Å². The van der Waals surface area contributed by atoms with E-state index in [1.165, 1.54) is 18.3 Å². The van der Waals surface area contributed by atoms with E-state index < -0.39 is 34.4 Å². The third-order valence-corrected chi connectivity index (χ3v) is 6.76. The number of sulfone groups is 1. The minimum absolute atomic E-state index is 0.0147. The van der Waals surface area contributed by atoms with Crippen molar-refractivity contribution >= 4 is 32.7 Å². The molecule has 158 valence electrons. The molecule has 3 rings (SSSR count). The molecular weight excluding hydrogens is 398 g/mol. The molecule has 0 unspecified atom stereocenters. The Labute approximate surface area is 169 Å². The molecule has 1 aliphatic heterocycles. The zero-order valence-electron chi connectivity index (χ0n) is 16.5. The number of rotatable bonds is 8. The number of ether oxygens (including phenoxy) is 2. The van der Waals surface area contributed by atoms with Crippen LogP contribution in [0.5, 0.6) is 0 Å². The van der Waals surface area contributed by atoms with Crippen LogP contribution in [-0.4, -0.2) is 69.6 Å². The molecule has 2 heterocycles. The molecule has 1 atom stereocenters. The highest BCUT2D eigenvalue weighted by atomic mass is 32.2. The molecule has 29 heavy (non-hydrogen) atoms. The van der Waals surface area contributed by atoms with E-state index in [0.717, 1.165) is 10.9 Å². The lowest BCUT2D eigenvalue weighted by Gasteiger charge is -2.27. The summed E-state index contributed by atoms with van der Waals surface area (Å²) in [4.78, 5) is 26.3. The fraction of sp³-hybridized carbons (Fsp3) is 0.500. The number of furan rings is 1. The van der Waals surface area contributed by atoms with Gasteiger partial charge in [-0.15, -0.1) is 0 Å². The lowest BCUT2D eigenvalue weighted by atomic mass is 10.1. The highest BCUT2D eigenvalue weighted by molar-refractivity contribution is 7.91. The maximum atomic E-state index is 12.6. The van der Waals surface area contributed by atoms with Crippen LogP contribution in [0.25, 0.3) is 11.0 Å². The third-order valence-electron chi connectivity index (χ3n) is 5.01. The molecular formula is C20H25NO7S. The fourth-order valence-corrected chi connectivity index (χ4v) is 5.21. The number of aryl methyl sites for hydroxylation is 1. The number of hydrogen-bond acceptors (Lipinski definition) is 7. The molecule has 0 radical (unpaired) electrons. The van der Waals surface area contributed by atoms with Crippen LogP contribution < -0.4 is 0 Å². The molecule has 9 heteroatoms. The molecule has 1 aliphatic rings. The van der Waals surface area contributed by atoms with Gasteiger partial charge < -0.3 is 18.8 Å². The molecule has 8 nitrogen and oxygen atoms in total. The van der Waals surface area contributed by atoms with E-state index in [2.05, 4.69) is 0 Å². The van der Waals surface area contributed by atoms with Gasteiger partial charge in [-0.25, -0.2) is 8.42 Å². The summed E-state index contributed by atoms with van der Waals surface area (Å²) >= 11 is 0. The number of esters is 1. The summed E-state index contributed by atoms with van der Waals surface area (Å²) in [5.41, 5.74) is 2.43. The molecule has 0 saturated carbocycles. The van der Waals surface area contributed by atoms with E-state index in [4.69, 9.17) is 13.9 Å². The number of carbonyl (C=O) groups is 2. The Kier molecular flexibility index (Phi) is 6.59. The molecule has 1 aromatic heterocycles. The average molecular weight is 423 g/mol. The zero-order valence-corrected chi connectivity index (χ0v) is 17.4. The Morgan fingerprint density at radius 3 is 2.79 bits per heavy atom. The Balaban J connectivity index is 1.59. The normalized spacial score (nSPS) is 18.1. The number of amides is 1. The Bertz CT molecular complexity index is 995. The summed E-state index contributed by atoms with van der Waals surface area (Å²) in [6, 6.07) is 5.29. The summed E-state index contributed by atoms with van der Waals surface area (Å²) in [5, 5.41) is 0.830. The van der Waals surface area contributed by atoms with E-state index in [-0.39, 0.29) is 31.1 Å². The minimum Gasteiger partial charge on any atom is -0.464 e. The Morgan fingerprint density at radius 2 is 2.10 bits per heavy atom. The van der Waals surface area contributed by atoms with Crippen LogP contribution in [0, 0.1) is 6.92 Å². The molecule has 1 fully saturated rings. The van der Waals surface area contributed by atoms with Gasteiger partial charge in [0.25, 0.3) is 5.91 Å². The number of nitrogens with zero attached hydrogens (tertiary/aromatic N) is 1. The van der Waals surface area contributed by atoms with Gasteiger partial charge in [0.05, 0.1) is 30.8 Å². The van der Waals surface area contributed by atoms with Crippen LogP contribution in [-0.2, 0) is 35.3 Å². The molecule has 1 aromatic carbocycles. The van der Waals surface area contributed by atoms with E-state index in [9.17, 15) is 18.0 Å². The second kappa shape index (κ2) is 8.96. The largest absolute Gasteiger partial charge is 0.464 e. The van der Waals surface area contributed by atoms with Crippen molar-refractivity contribution in [2.75, 3.05) is 38.4 Å². The maximum absolute atomic E-state index is 12.6. The van der Waals surface area contributed by atoms with Crippen molar-refractivity contribution in [2.45, 2.75) is 25.8 Å². The van der Waals surface area contributed by atoms with Gasteiger partial charge in [0.1, 0.15) is 5.58 Å². The van der Waals surface area contributed by atoms with Crippen molar-refractivity contribution in [3.8, 4) is 0 Å². The second-order valence-electron chi connectivity index (χ2n) is 7.23. The molecule has 0 spiro atoms. The van der Waals surface area contributed by atoms with E-state index in [0.29, 0.717) is 17.6 Å². The van der Waals surface area contributed by atoms with E-state index in [1.54, 1.807) is 0 Å². The van der Waals surface area contributed by atoms with Gasteiger partial charge in [-0.3, -0.25) is 9.59 Å². The van der Waals surface area contributed by atoms with Crippen LogP contribution in [0.3, 0.4) is 0 Å². The molecule has 0 N–H and O–H groups in total. The predicted octanol–water partition coefficient (Wildman–Crippen LogP) is 1.49. The molecule has 0 bridgehead atoms. The van der Waals surface area contributed by atoms with E-state index >= 15 is 0 Å². The predicted molar refractivity (Wildman–Crippen MR) is 106 cm³/mol. The van der Waals surface area contributed by atoms with Gasteiger partial charge in [0.15, 0.2) is 16.4 Å². The Morgan fingerprint density at radius 1 is 1.31 bits per heavy atom. The lowest BCUT2D eigenvalue weighted by molar-refractivity contribution is -0.152. The smallest absolute Gasteiger partial charge is 0.310 e. The van der Waals surface area contributed by atoms with Crippen molar-refractivity contribution in [1.29, 1.82) is 0 Å². The van der Waals surface area contributed by atoms with E-state index in [1.807, 2.05) is 25.1 Å². The first kappa shape index (κ1) is 21.3. The quantitative estimate of drug-likeness (QED) is 0.593. The summed E-state index contributed by atoms with van der Waals surface area (Å²) in [6.07, 6.45) is 1.88. The zero-order chi connectivity index (χ0) is 21.0. The lowest BCUT2D eigenvalue weighted by Crippen LogP contribution is -2.45. The van der Waals surface area contributed by atoms with Crippen molar-refractivity contribution in [3.63, 3.8) is 0 Å². The number of methoxy groups -OCH3 is 1. The fourth-order valence-electron chi connectivity index (χ4n) is 3.48. The second-order valence-corrected chi connectivity index (χ2v) is 9.46. The summed E-state index contributed by atoms with van der Waals surface area (Å²) in [7, 11) is -1.64. The SMILES string of the molecule is COCCN(C(=O)COC(=O)Cc1coc2cc(C)ccc12)[C@@H]1CCS(=O)(=O)C1.